The summed E-state index contributed by atoms with van der Waals surface area (Å²) in [5.41, 5.74) is 1.66. The smallest absolute Gasteiger partial charge is 0.265 e. The van der Waals surface area contributed by atoms with Crippen molar-refractivity contribution in [2.45, 2.75) is 13.0 Å². The number of hydrogen-bond donors (Lipinski definition) is 3. The van der Waals surface area contributed by atoms with E-state index in [0.717, 1.165) is 5.56 Å². The summed E-state index contributed by atoms with van der Waals surface area (Å²) in [6.07, 6.45) is 3.50. The molecule has 0 unspecified atom stereocenters. The fourth-order valence-corrected chi connectivity index (χ4v) is 3.18. The zero-order valence-electron chi connectivity index (χ0n) is 15.6. The van der Waals surface area contributed by atoms with Crippen molar-refractivity contribution in [1.82, 2.24) is 15.6 Å². The average molecular weight is 408 g/mol. The van der Waals surface area contributed by atoms with Crippen LogP contribution in [0.5, 0.6) is 0 Å². The number of carbonyl (C=O) groups excluding carboxylic acids is 3. The van der Waals surface area contributed by atoms with Gasteiger partial charge in [-0.25, -0.2) is 0 Å². The maximum atomic E-state index is 12.5. The van der Waals surface area contributed by atoms with Crippen molar-refractivity contribution in [3.05, 3.63) is 82.3 Å². The van der Waals surface area contributed by atoms with Crippen LogP contribution in [-0.4, -0.2) is 29.3 Å². The number of nitrogens with zero attached hydrogens (tertiary/aromatic N) is 1. The van der Waals surface area contributed by atoms with Gasteiger partial charge in [0.2, 0.25) is 5.91 Å². The Balaban J connectivity index is 1.49. The standard InChI is InChI=1S/C21H20N4O3S/c26-19(24-14-15-5-3-10-22-13-15)9-11-23-20(27)16-6-1-2-7-17(16)25-21(28)18-8-4-12-29-18/h1-8,10,12-13H,9,11,14H2,(H,23,27)(H,24,26)(H,25,28). The van der Waals surface area contributed by atoms with Crippen LogP contribution in [-0.2, 0) is 11.3 Å². The molecule has 0 aliphatic carbocycles. The van der Waals surface area contributed by atoms with E-state index in [1.807, 2.05) is 11.4 Å². The summed E-state index contributed by atoms with van der Waals surface area (Å²) in [5, 5.41) is 10.1. The van der Waals surface area contributed by atoms with Gasteiger partial charge in [0.1, 0.15) is 0 Å². The first-order valence-corrected chi connectivity index (χ1v) is 9.89. The van der Waals surface area contributed by atoms with Gasteiger partial charge in [0.15, 0.2) is 0 Å². The number of pyridine rings is 1. The third kappa shape index (κ3) is 5.98. The van der Waals surface area contributed by atoms with Gasteiger partial charge in [-0.3, -0.25) is 19.4 Å². The molecular weight excluding hydrogens is 388 g/mol. The lowest BCUT2D eigenvalue weighted by Gasteiger charge is -2.11. The Morgan fingerprint density at radius 1 is 0.931 bits per heavy atom. The van der Waals surface area contributed by atoms with E-state index in [-0.39, 0.29) is 30.7 Å². The molecule has 2 heterocycles. The first kappa shape index (κ1) is 20.2. The number of nitrogens with one attached hydrogen (secondary N) is 3. The molecule has 3 N–H and O–H groups in total. The zero-order valence-corrected chi connectivity index (χ0v) is 16.4. The number of carbonyl (C=O) groups is 3. The van der Waals surface area contributed by atoms with E-state index in [0.29, 0.717) is 22.7 Å². The highest BCUT2D eigenvalue weighted by Gasteiger charge is 2.14. The number of rotatable bonds is 8. The number of para-hydroxylation sites is 1. The fourth-order valence-electron chi connectivity index (χ4n) is 2.56. The molecule has 29 heavy (non-hydrogen) atoms. The lowest BCUT2D eigenvalue weighted by atomic mass is 10.1. The summed E-state index contributed by atoms with van der Waals surface area (Å²) in [7, 11) is 0. The summed E-state index contributed by atoms with van der Waals surface area (Å²) in [6.45, 7) is 0.573. The van der Waals surface area contributed by atoms with Gasteiger partial charge in [0, 0.05) is 31.9 Å². The lowest BCUT2D eigenvalue weighted by molar-refractivity contribution is -0.121. The molecule has 0 aliphatic heterocycles. The molecule has 0 fully saturated rings. The highest BCUT2D eigenvalue weighted by molar-refractivity contribution is 7.12. The Labute approximate surface area is 172 Å². The SMILES string of the molecule is O=C(CCNC(=O)c1ccccc1NC(=O)c1cccs1)NCc1cccnc1. The van der Waals surface area contributed by atoms with Crippen molar-refractivity contribution in [1.29, 1.82) is 0 Å². The molecule has 0 bridgehead atoms. The van der Waals surface area contributed by atoms with Gasteiger partial charge in [-0.15, -0.1) is 11.3 Å². The predicted octanol–water partition coefficient (Wildman–Crippen LogP) is 2.83. The van der Waals surface area contributed by atoms with Gasteiger partial charge >= 0.3 is 0 Å². The van der Waals surface area contributed by atoms with Crippen LogP contribution in [0.25, 0.3) is 0 Å². The second kappa shape index (κ2) is 10.1. The predicted molar refractivity (Wildman–Crippen MR) is 112 cm³/mol. The first-order chi connectivity index (χ1) is 14.1. The van der Waals surface area contributed by atoms with E-state index in [1.165, 1.54) is 11.3 Å². The highest BCUT2D eigenvalue weighted by atomic mass is 32.1. The second-order valence-electron chi connectivity index (χ2n) is 6.12. The molecule has 0 saturated carbocycles. The van der Waals surface area contributed by atoms with Crippen LogP contribution in [0, 0.1) is 0 Å². The minimum atomic E-state index is -0.355. The van der Waals surface area contributed by atoms with Crippen LogP contribution in [0.2, 0.25) is 0 Å². The Kier molecular flexibility index (Phi) is 7.07. The van der Waals surface area contributed by atoms with Gasteiger partial charge in [-0.2, -0.15) is 0 Å². The van der Waals surface area contributed by atoms with E-state index < -0.39 is 0 Å². The number of anilines is 1. The Hall–Kier alpha value is -3.52. The number of hydrogen-bond acceptors (Lipinski definition) is 5. The third-order valence-corrected chi connectivity index (χ3v) is 4.88. The topological polar surface area (TPSA) is 100 Å². The average Bonchev–Trinajstić information content (AvgIpc) is 3.28. The second-order valence-corrected chi connectivity index (χ2v) is 7.07. The number of benzene rings is 1. The molecule has 1 aromatic carbocycles. The summed E-state index contributed by atoms with van der Waals surface area (Å²) in [5.74, 6) is -0.796. The molecule has 0 saturated heterocycles. The van der Waals surface area contributed by atoms with Crippen molar-refractivity contribution >= 4 is 34.7 Å². The largest absolute Gasteiger partial charge is 0.352 e. The molecule has 3 amide bonds. The van der Waals surface area contributed by atoms with Crippen molar-refractivity contribution in [2.24, 2.45) is 0 Å². The third-order valence-electron chi connectivity index (χ3n) is 4.01. The van der Waals surface area contributed by atoms with E-state index in [2.05, 4.69) is 20.9 Å². The molecular formula is C21H20N4O3S. The normalized spacial score (nSPS) is 10.2. The molecule has 8 heteroatoms. The Morgan fingerprint density at radius 3 is 2.55 bits per heavy atom. The van der Waals surface area contributed by atoms with Gasteiger partial charge in [0.05, 0.1) is 16.1 Å². The molecule has 7 nitrogen and oxygen atoms in total. The van der Waals surface area contributed by atoms with E-state index in [9.17, 15) is 14.4 Å². The summed E-state index contributed by atoms with van der Waals surface area (Å²) in [6, 6.07) is 13.9. The van der Waals surface area contributed by atoms with Crippen LogP contribution in [0.4, 0.5) is 5.69 Å². The molecule has 3 aromatic rings. The van der Waals surface area contributed by atoms with E-state index >= 15 is 0 Å². The van der Waals surface area contributed by atoms with Crippen molar-refractivity contribution in [3.63, 3.8) is 0 Å². The van der Waals surface area contributed by atoms with Crippen LogP contribution in [0.3, 0.4) is 0 Å². The Morgan fingerprint density at radius 2 is 1.79 bits per heavy atom. The number of aromatic nitrogens is 1. The molecule has 148 valence electrons. The van der Waals surface area contributed by atoms with E-state index in [4.69, 9.17) is 0 Å². The maximum absolute atomic E-state index is 12.5. The quantitative estimate of drug-likeness (QED) is 0.534. The summed E-state index contributed by atoms with van der Waals surface area (Å²) < 4.78 is 0. The molecule has 0 spiro atoms. The van der Waals surface area contributed by atoms with Crippen LogP contribution in [0.15, 0.2) is 66.3 Å². The molecule has 0 atom stereocenters. The van der Waals surface area contributed by atoms with Crippen LogP contribution >= 0.6 is 11.3 Å². The minimum absolute atomic E-state index is 0.149. The van der Waals surface area contributed by atoms with E-state index in [1.54, 1.807) is 54.9 Å². The first-order valence-electron chi connectivity index (χ1n) is 9.01. The molecule has 0 radical (unpaired) electrons. The monoisotopic (exact) mass is 408 g/mol. The highest BCUT2D eigenvalue weighted by Crippen LogP contribution is 2.18. The Bertz CT molecular complexity index is 975. The van der Waals surface area contributed by atoms with Crippen molar-refractivity contribution in [2.75, 3.05) is 11.9 Å². The molecule has 0 aliphatic rings. The number of thiophene rings is 1. The summed E-state index contributed by atoms with van der Waals surface area (Å²) in [4.78, 5) is 41.2. The summed E-state index contributed by atoms with van der Waals surface area (Å²) >= 11 is 1.32. The minimum Gasteiger partial charge on any atom is -0.352 e. The van der Waals surface area contributed by atoms with Crippen LogP contribution in [0.1, 0.15) is 32.0 Å². The van der Waals surface area contributed by atoms with Gasteiger partial charge in [-0.1, -0.05) is 24.3 Å². The lowest BCUT2D eigenvalue weighted by Crippen LogP contribution is -2.31. The fraction of sp³-hybridized carbons (Fsp3) is 0.143. The van der Waals surface area contributed by atoms with Gasteiger partial charge < -0.3 is 16.0 Å². The van der Waals surface area contributed by atoms with Crippen LogP contribution < -0.4 is 16.0 Å². The van der Waals surface area contributed by atoms with Gasteiger partial charge in [-0.05, 0) is 35.2 Å². The maximum Gasteiger partial charge on any atom is 0.265 e. The molecule has 2 aromatic heterocycles. The zero-order chi connectivity index (χ0) is 20.5. The van der Waals surface area contributed by atoms with Crippen molar-refractivity contribution < 1.29 is 14.4 Å². The van der Waals surface area contributed by atoms with Crippen molar-refractivity contribution in [3.8, 4) is 0 Å². The van der Waals surface area contributed by atoms with Gasteiger partial charge in [0.25, 0.3) is 11.8 Å². The molecule has 3 rings (SSSR count). The number of amides is 3.